The maximum atomic E-state index is 10.4. The number of rotatable bonds is 3. The monoisotopic (exact) mass is 196 g/mol. The van der Waals surface area contributed by atoms with Gasteiger partial charge in [-0.3, -0.25) is 10.1 Å². The van der Waals surface area contributed by atoms with Crippen LogP contribution in [0.2, 0.25) is 0 Å². The molecular weight excluding hydrogens is 188 g/mol. The standard InChI is InChI=1S/C8H8N2O4/c1-5-6(2-3-8(11)12)9-4-7(5)10(13)14/h2-4,9H,1H3,(H,11,12)/b3-2+. The summed E-state index contributed by atoms with van der Waals surface area (Å²) in [5, 5.41) is 18.8. The summed E-state index contributed by atoms with van der Waals surface area (Å²) in [6, 6.07) is 0. The number of hydrogen-bond donors (Lipinski definition) is 2. The van der Waals surface area contributed by atoms with Crippen molar-refractivity contribution in [1.29, 1.82) is 0 Å². The number of H-pyrrole nitrogens is 1. The lowest BCUT2D eigenvalue weighted by atomic mass is 10.2. The van der Waals surface area contributed by atoms with Gasteiger partial charge in [-0.25, -0.2) is 4.79 Å². The molecule has 0 fully saturated rings. The summed E-state index contributed by atoms with van der Waals surface area (Å²) in [6.45, 7) is 1.55. The van der Waals surface area contributed by atoms with E-state index in [2.05, 4.69) is 4.98 Å². The van der Waals surface area contributed by atoms with Gasteiger partial charge in [-0.1, -0.05) is 0 Å². The molecule has 0 bridgehead atoms. The largest absolute Gasteiger partial charge is 0.478 e. The van der Waals surface area contributed by atoms with Crippen LogP contribution >= 0.6 is 0 Å². The van der Waals surface area contributed by atoms with E-state index < -0.39 is 10.9 Å². The van der Waals surface area contributed by atoms with Gasteiger partial charge in [0.05, 0.1) is 16.7 Å². The van der Waals surface area contributed by atoms with Gasteiger partial charge in [0.1, 0.15) is 0 Å². The van der Waals surface area contributed by atoms with Gasteiger partial charge in [-0.05, 0) is 13.0 Å². The van der Waals surface area contributed by atoms with Crippen molar-refractivity contribution in [2.24, 2.45) is 0 Å². The minimum absolute atomic E-state index is 0.0463. The minimum atomic E-state index is -1.10. The maximum Gasteiger partial charge on any atom is 0.328 e. The molecule has 1 heterocycles. The van der Waals surface area contributed by atoms with E-state index in [1.807, 2.05) is 0 Å². The first kappa shape index (κ1) is 9.97. The Balaban J connectivity index is 3.01. The molecule has 0 amide bonds. The van der Waals surface area contributed by atoms with Crippen molar-refractivity contribution in [1.82, 2.24) is 4.98 Å². The van der Waals surface area contributed by atoms with E-state index in [1.165, 1.54) is 12.3 Å². The van der Waals surface area contributed by atoms with Crippen molar-refractivity contribution < 1.29 is 14.8 Å². The third kappa shape index (κ3) is 1.98. The fourth-order valence-electron chi connectivity index (χ4n) is 1.02. The number of carboxylic acids is 1. The van der Waals surface area contributed by atoms with Gasteiger partial charge in [0, 0.05) is 11.8 Å². The van der Waals surface area contributed by atoms with Crippen LogP contribution in [0.1, 0.15) is 11.3 Å². The first-order chi connectivity index (χ1) is 6.52. The maximum absolute atomic E-state index is 10.4. The van der Waals surface area contributed by atoms with E-state index in [0.29, 0.717) is 11.3 Å². The normalized spacial score (nSPS) is 10.6. The summed E-state index contributed by atoms with van der Waals surface area (Å²) in [5.41, 5.74) is 0.807. The highest BCUT2D eigenvalue weighted by molar-refractivity contribution is 5.85. The molecule has 0 saturated heterocycles. The molecular formula is C8H8N2O4. The van der Waals surface area contributed by atoms with Gasteiger partial charge >= 0.3 is 5.97 Å². The zero-order valence-corrected chi connectivity index (χ0v) is 7.35. The molecule has 0 spiro atoms. The smallest absolute Gasteiger partial charge is 0.328 e. The molecule has 74 valence electrons. The summed E-state index contributed by atoms with van der Waals surface area (Å²) >= 11 is 0. The Morgan fingerprint density at radius 1 is 1.71 bits per heavy atom. The molecule has 14 heavy (non-hydrogen) atoms. The highest BCUT2D eigenvalue weighted by Crippen LogP contribution is 2.21. The van der Waals surface area contributed by atoms with E-state index in [0.717, 1.165) is 6.08 Å². The minimum Gasteiger partial charge on any atom is -0.478 e. The number of hydrogen-bond acceptors (Lipinski definition) is 3. The van der Waals surface area contributed by atoms with Crippen LogP contribution in [0, 0.1) is 17.0 Å². The first-order valence-electron chi connectivity index (χ1n) is 3.75. The van der Waals surface area contributed by atoms with E-state index in [1.54, 1.807) is 6.92 Å². The Morgan fingerprint density at radius 2 is 2.36 bits per heavy atom. The lowest BCUT2D eigenvalue weighted by Crippen LogP contribution is -1.88. The predicted octanol–water partition coefficient (Wildman–Crippen LogP) is 1.33. The molecule has 6 nitrogen and oxygen atoms in total. The average Bonchev–Trinajstić information content (AvgIpc) is 2.43. The summed E-state index contributed by atoms with van der Waals surface area (Å²) in [5.74, 6) is -1.10. The molecule has 0 atom stereocenters. The number of nitrogens with zero attached hydrogens (tertiary/aromatic N) is 1. The second-order valence-electron chi connectivity index (χ2n) is 2.64. The van der Waals surface area contributed by atoms with Gasteiger partial charge in [0.2, 0.25) is 0 Å². The lowest BCUT2D eigenvalue weighted by molar-refractivity contribution is -0.385. The van der Waals surface area contributed by atoms with Crippen LogP contribution in [0.25, 0.3) is 6.08 Å². The molecule has 2 N–H and O–H groups in total. The molecule has 0 radical (unpaired) electrons. The van der Waals surface area contributed by atoms with Crippen LogP contribution in [0.3, 0.4) is 0 Å². The third-order valence-corrected chi connectivity index (χ3v) is 1.74. The number of carbonyl (C=O) groups is 1. The van der Waals surface area contributed by atoms with E-state index in [4.69, 9.17) is 5.11 Å². The Kier molecular flexibility index (Phi) is 2.66. The van der Waals surface area contributed by atoms with Gasteiger partial charge in [-0.2, -0.15) is 0 Å². The third-order valence-electron chi connectivity index (χ3n) is 1.74. The van der Waals surface area contributed by atoms with Crippen molar-refractivity contribution in [3.8, 4) is 0 Å². The van der Waals surface area contributed by atoms with Gasteiger partial charge in [0.15, 0.2) is 0 Å². The SMILES string of the molecule is Cc1c([N+](=O)[O-])c[nH]c1/C=C/C(=O)O. The van der Waals surface area contributed by atoms with Crippen molar-refractivity contribution >= 4 is 17.7 Å². The zero-order valence-electron chi connectivity index (χ0n) is 7.35. The van der Waals surface area contributed by atoms with Crippen LogP contribution in [0.4, 0.5) is 5.69 Å². The van der Waals surface area contributed by atoms with E-state index in [9.17, 15) is 14.9 Å². The number of aromatic amines is 1. The zero-order chi connectivity index (χ0) is 10.7. The van der Waals surface area contributed by atoms with Crippen LogP contribution < -0.4 is 0 Å². The van der Waals surface area contributed by atoms with Crippen LogP contribution in [-0.2, 0) is 4.79 Å². The van der Waals surface area contributed by atoms with E-state index >= 15 is 0 Å². The summed E-state index contributed by atoms with van der Waals surface area (Å²) in [6.07, 6.45) is 3.43. The molecule has 0 aliphatic heterocycles. The van der Waals surface area contributed by atoms with Crippen LogP contribution in [-0.4, -0.2) is 21.0 Å². The van der Waals surface area contributed by atoms with Crippen LogP contribution in [0.5, 0.6) is 0 Å². The van der Waals surface area contributed by atoms with Gasteiger partial charge < -0.3 is 10.1 Å². The van der Waals surface area contributed by atoms with Crippen molar-refractivity contribution in [3.63, 3.8) is 0 Å². The van der Waals surface area contributed by atoms with Crippen molar-refractivity contribution in [2.45, 2.75) is 6.92 Å². The van der Waals surface area contributed by atoms with Crippen molar-refractivity contribution in [3.05, 3.63) is 33.6 Å². The molecule has 0 aromatic carbocycles. The highest BCUT2D eigenvalue weighted by Gasteiger charge is 2.14. The van der Waals surface area contributed by atoms with Gasteiger partial charge in [-0.15, -0.1) is 0 Å². The Hall–Kier alpha value is -2.11. The summed E-state index contributed by atoms with van der Waals surface area (Å²) < 4.78 is 0. The topological polar surface area (TPSA) is 96.2 Å². The summed E-state index contributed by atoms with van der Waals surface area (Å²) in [4.78, 5) is 22.7. The van der Waals surface area contributed by atoms with E-state index in [-0.39, 0.29) is 5.69 Å². The molecule has 0 aliphatic carbocycles. The highest BCUT2D eigenvalue weighted by atomic mass is 16.6. The number of aliphatic carboxylic acids is 1. The second kappa shape index (κ2) is 3.73. The quantitative estimate of drug-likeness (QED) is 0.433. The molecule has 6 heteroatoms. The molecule has 0 aliphatic rings. The fraction of sp³-hybridized carbons (Fsp3) is 0.125. The van der Waals surface area contributed by atoms with Crippen molar-refractivity contribution in [2.75, 3.05) is 0 Å². The number of aromatic nitrogens is 1. The first-order valence-corrected chi connectivity index (χ1v) is 3.75. The lowest BCUT2D eigenvalue weighted by Gasteiger charge is -1.89. The Morgan fingerprint density at radius 3 is 2.79 bits per heavy atom. The number of nitrogens with one attached hydrogen (secondary N) is 1. The molecule has 0 saturated carbocycles. The fourth-order valence-corrected chi connectivity index (χ4v) is 1.02. The van der Waals surface area contributed by atoms with Crippen LogP contribution in [0.15, 0.2) is 12.3 Å². The predicted molar refractivity (Wildman–Crippen MR) is 48.9 cm³/mol. The molecule has 1 aromatic heterocycles. The Bertz CT molecular complexity index is 405. The summed E-state index contributed by atoms with van der Waals surface area (Å²) in [7, 11) is 0. The molecule has 0 unspecified atom stereocenters. The Labute approximate surface area is 79.0 Å². The molecule has 1 aromatic rings. The average molecular weight is 196 g/mol. The van der Waals surface area contributed by atoms with Gasteiger partial charge in [0.25, 0.3) is 5.69 Å². The number of carboxylic acid groups (broad SMARTS) is 1. The molecule has 1 rings (SSSR count). The number of nitro groups is 1. The second-order valence-corrected chi connectivity index (χ2v) is 2.64.